The highest BCUT2D eigenvalue weighted by Crippen LogP contribution is 2.48. The smallest absolute Gasteiger partial charge is 0.0977 e. The number of rotatable bonds is 1. The van der Waals surface area contributed by atoms with Crippen LogP contribution < -0.4 is 0 Å². The van der Waals surface area contributed by atoms with Crippen LogP contribution in [0.5, 0.6) is 0 Å². The van der Waals surface area contributed by atoms with Gasteiger partial charge in [0.2, 0.25) is 0 Å². The van der Waals surface area contributed by atoms with Gasteiger partial charge in [-0.05, 0) is 0 Å². The van der Waals surface area contributed by atoms with Crippen molar-refractivity contribution in [3.8, 4) is 0 Å². The van der Waals surface area contributed by atoms with Crippen LogP contribution in [0, 0.1) is 5.41 Å². The van der Waals surface area contributed by atoms with Gasteiger partial charge in [0.15, 0.2) is 0 Å². The highest BCUT2D eigenvalue weighted by molar-refractivity contribution is 5.08. The van der Waals surface area contributed by atoms with E-state index in [-0.39, 0.29) is 13.0 Å². The van der Waals surface area contributed by atoms with Gasteiger partial charge >= 0.3 is 0 Å². The molecule has 0 bridgehead atoms. The first-order chi connectivity index (χ1) is 4.44. The van der Waals surface area contributed by atoms with Gasteiger partial charge in [0.1, 0.15) is 0 Å². The third-order valence-corrected chi connectivity index (χ3v) is 2.83. The molecule has 0 aliphatic heterocycles. The SMILES string of the molecule is CC1(C)C(O)C[C@@]1(O)CO. The lowest BCUT2D eigenvalue weighted by Crippen LogP contribution is -2.65. The molecule has 0 aromatic carbocycles. The average molecular weight is 146 g/mol. The van der Waals surface area contributed by atoms with E-state index in [9.17, 15) is 10.2 Å². The van der Waals surface area contributed by atoms with E-state index >= 15 is 0 Å². The summed E-state index contributed by atoms with van der Waals surface area (Å²) >= 11 is 0. The van der Waals surface area contributed by atoms with E-state index < -0.39 is 17.1 Å². The molecule has 3 heteroatoms. The molecule has 2 atom stereocenters. The summed E-state index contributed by atoms with van der Waals surface area (Å²) in [5.74, 6) is 0. The summed E-state index contributed by atoms with van der Waals surface area (Å²) in [4.78, 5) is 0. The largest absolute Gasteiger partial charge is 0.393 e. The van der Waals surface area contributed by atoms with Crippen molar-refractivity contribution in [1.82, 2.24) is 0 Å². The summed E-state index contributed by atoms with van der Waals surface area (Å²) in [7, 11) is 0. The molecule has 0 spiro atoms. The Morgan fingerprint density at radius 3 is 2.10 bits per heavy atom. The van der Waals surface area contributed by atoms with Gasteiger partial charge in [0, 0.05) is 11.8 Å². The maximum Gasteiger partial charge on any atom is 0.0977 e. The second kappa shape index (κ2) is 1.94. The van der Waals surface area contributed by atoms with Crippen molar-refractivity contribution in [3.63, 3.8) is 0 Å². The summed E-state index contributed by atoms with van der Waals surface area (Å²) in [6.07, 6.45) is -0.194. The van der Waals surface area contributed by atoms with E-state index in [0.717, 1.165) is 0 Å². The van der Waals surface area contributed by atoms with Crippen LogP contribution in [0.2, 0.25) is 0 Å². The van der Waals surface area contributed by atoms with Crippen molar-refractivity contribution in [3.05, 3.63) is 0 Å². The third kappa shape index (κ3) is 0.713. The van der Waals surface area contributed by atoms with E-state index in [1.54, 1.807) is 13.8 Å². The number of aliphatic hydroxyl groups is 3. The second-order valence-corrected chi connectivity index (χ2v) is 3.63. The van der Waals surface area contributed by atoms with E-state index in [1.807, 2.05) is 0 Å². The molecule has 10 heavy (non-hydrogen) atoms. The zero-order valence-electron chi connectivity index (χ0n) is 6.33. The van der Waals surface area contributed by atoms with Crippen LogP contribution in [0.1, 0.15) is 20.3 Å². The summed E-state index contributed by atoms with van der Waals surface area (Å²) in [5.41, 5.74) is -1.62. The normalized spacial score (nSPS) is 44.7. The minimum absolute atomic E-state index is 0.267. The van der Waals surface area contributed by atoms with E-state index in [1.165, 1.54) is 0 Å². The Kier molecular flexibility index (Phi) is 1.54. The van der Waals surface area contributed by atoms with Crippen LogP contribution in [0.3, 0.4) is 0 Å². The lowest BCUT2D eigenvalue weighted by atomic mass is 9.57. The Hall–Kier alpha value is -0.120. The van der Waals surface area contributed by atoms with Crippen molar-refractivity contribution in [2.24, 2.45) is 5.41 Å². The van der Waals surface area contributed by atoms with Gasteiger partial charge in [-0.15, -0.1) is 0 Å². The number of hydrogen-bond acceptors (Lipinski definition) is 3. The summed E-state index contributed by atoms with van der Waals surface area (Å²) in [6.45, 7) is 3.23. The Labute approximate surface area is 60.3 Å². The molecule has 0 amide bonds. The minimum atomic E-state index is -1.06. The molecule has 1 aliphatic rings. The zero-order chi connectivity index (χ0) is 7.99. The second-order valence-electron chi connectivity index (χ2n) is 3.63. The molecule has 0 aromatic heterocycles. The minimum Gasteiger partial charge on any atom is -0.393 e. The molecule has 0 heterocycles. The van der Waals surface area contributed by atoms with Crippen LogP contribution in [0.15, 0.2) is 0 Å². The molecule has 0 radical (unpaired) electrons. The highest BCUT2D eigenvalue weighted by Gasteiger charge is 2.58. The fraction of sp³-hybridized carbons (Fsp3) is 1.00. The Morgan fingerprint density at radius 2 is 2.00 bits per heavy atom. The van der Waals surface area contributed by atoms with E-state index in [4.69, 9.17) is 5.11 Å². The molecule has 3 nitrogen and oxygen atoms in total. The predicted octanol–water partition coefficient (Wildman–Crippen LogP) is -0.499. The highest BCUT2D eigenvalue weighted by atomic mass is 16.3. The van der Waals surface area contributed by atoms with Gasteiger partial charge in [-0.3, -0.25) is 0 Å². The lowest BCUT2D eigenvalue weighted by Gasteiger charge is -2.55. The van der Waals surface area contributed by atoms with Crippen LogP contribution in [-0.2, 0) is 0 Å². The van der Waals surface area contributed by atoms with Crippen molar-refractivity contribution in [2.45, 2.75) is 32.0 Å². The first-order valence-electron chi connectivity index (χ1n) is 3.45. The molecule has 1 saturated carbocycles. The molecule has 1 unspecified atom stereocenters. The predicted molar refractivity (Wildman–Crippen MR) is 36.4 cm³/mol. The quantitative estimate of drug-likeness (QED) is 0.467. The van der Waals surface area contributed by atoms with Crippen LogP contribution >= 0.6 is 0 Å². The van der Waals surface area contributed by atoms with Crippen molar-refractivity contribution in [1.29, 1.82) is 0 Å². The van der Waals surface area contributed by atoms with Gasteiger partial charge in [0.05, 0.1) is 18.3 Å². The molecule has 1 aliphatic carbocycles. The zero-order valence-corrected chi connectivity index (χ0v) is 6.33. The Bertz CT molecular complexity index is 141. The molecule has 1 rings (SSSR count). The van der Waals surface area contributed by atoms with Crippen molar-refractivity contribution in [2.75, 3.05) is 6.61 Å². The molecule has 0 aromatic rings. The third-order valence-electron chi connectivity index (χ3n) is 2.83. The molecule has 1 fully saturated rings. The number of aliphatic hydroxyl groups excluding tert-OH is 2. The van der Waals surface area contributed by atoms with Gasteiger partial charge in [-0.25, -0.2) is 0 Å². The van der Waals surface area contributed by atoms with E-state index in [0.29, 0.717) is 0 Å². The van der Waals surface area contributed by atoms with Gasteiger partial charge in [-0.1, -0.05) is 13.8 Å². The maximum atomic E-state index is 9.51. The van der Waals surface area contributed by atoms with Crippen LogP contribution in [0.25, 0.3) is 0 Å². The topological polar surface area (TPSA) is 60.7 Å². The molecule has 3 N–H and O–H groups in total. The molecule has 0 saturated heterocycles. The van der Waals surface area contributed by atoms with Crippen molar-refractivity contribution >= 4 is 0 Å². The average Bonchev–Trinajstić information content (AvgIpc) is 1.88. The van der Waals surface area contributed by atoms with E-state index in [2.05, 4.69) is 0 Å². The molecular formula is C7H14O3. The van der Waals surface area contributed by atoms with Gasteiger partial charge < -0.3 is 15.3 Å². The standard InChI is InChI=1S/C7H14O3/c1-6(2)5(9)3-7(6,10)4-8/h5,8-10H,3-4H2,1-2H3/t5?,7-/m1/s1. The van der Waals surface area contributed by atoms with Crippen LogP contribution in [0.4, 0.5) is 0 Å². The first-order valence-corrected chi connectivity index (χ1v) is 3.45. The fourth-order valence-electron chi connectivity index (χ4n) is 1.29. The number of hydrogen-bond donors (Lipinski definition) is 3. The summed E-state index contributed by atoms with van der Waals surface area (Å²) < 4.78 is 0. The Morgan fingerprint density at radius 1 is 1.50 bits per heavy atom. The first kappa shape index (κ1) is 7.98. The molecule has 60 valence electrons. The molecular weight excluding hydrogens is 132 g/mol. The maximum absolute atomic E-state index is 9.51. The fourth-order valence-corrected chi connectivity index (χ4v) is 1.29. The summed E-state index contributed by atoms with van der Waals surface area (Å²) in [5, 5.41) is 27.4. The lowest BCUT2D eigenvalue weighted by molar-refractivity contribution is -0.240. The summed E-state index contributed by atoms with van der Waals surface area (Å²) in [6, 6.07) is 0. The monoisotopic (exact) mass is 146 g/mol. The van der Waals surface area contributed by atoms with Crippen LogP contribution in [-0.4, -0.2) is 33.6 Å². The Balaban J connectivity index is 2.70. The van der Waals surface area contributed by atoms with Gasteiger partial charge in [-0.2, -0.15) is 0 Å². The van der Waals surface area contributed by atoms with Gasteiger partial charge in [0.25, 0.3) is 0 Å². The van der Waals surface area contributed by atoms with Crippen molar-refractivity contribution < 1.29 is 15.3 Å².